The fraction of sp³-hybridized carbons (Fsp3) is 0.333. The SMILES string of the molecule is CN([C@@H]1c2ccccc2C=C[C@@H]1N1CCCC1)S(=O)(=O)c1ccc([N+](=O)[O-])cc1. The zero-order valence-electron chi connectivity index (χ0n) is 16.1. The summed E-state index contributed by atoms with van der Waals surface area (Å²) in [6, 6.07) is 12.5. The lowest BCUT2D eigenvalue weighted by Gasteiger charge is -2.40. The molecular formula is C21H23N3O4S. The quantitative estimate of drug-likeness (QED) is 0.554. The van der Waals surface area contributed by atoms with Gasteiger partial charge < -0.3 is 0 Å². The molecule has 4 rings (SSSR count). The molecular weight excluding hydrogens is 390 g/mol. The van der Waals surface area contributed by atoms with Crippen molar-refractivity contribution in [2.45, 2.75) is 29.8 Å². The molecule has 1 aliphatic carbocycles. The number of hydrogen-bond acceptors (Lipinski definition) is 5. The van der Waals surface area contributed by atoms with Gasteiger partial charge in [0.2, 0.25) is 10.0 Å². The van der Waals surface area contributed by atoms with E-state index in [4.69, 9.17) is 0 Å². The van der Waals surface area contributed by atoms with Gasteiger partial charge in [-0.3, -0.25) is 15.0 Å². The molecule has 7 nitrogen and oxygen atoms in total. The van der Waals surface area contributed by atoms with Gasteiger partial charge in [-0.05, 0) is 49.2 Å². The highest BCUT2D eigenvalue weighted by Gasteiger charge is 2.39. The van der Waals surface area contributed by atoms with Gasteiger partial charge in [-0.1, -0.05) is 36.4 Å². The number of nitro benzene ring substituents is 1. The van der Waals surface area contributed by atoms with Crippen LogP contribution in [0.4, 0.5) is 5.69 Å². The normalized spacial score (nSPS) is 22.0. The molecule has 1 aliphatic heterocycles. The maximum atomic E-state index is 13.4. The number of likely N-dealkylation sites (tertiary alicyclic amines) is 1. The first kappa shape index (κ1) is 19.8. The predicted octanol–water partition coefficient (Wildman–Crippen LogP) is 3.45. The van der Waals surface area contributed by atoms with Crippen LogP contribution >= 0.6 is 0 Å². The van der Waals surface area contributed by atoms with Gasteiger partial charge in [-0.25, -0.2) is 8.42 Å². The number of benzene rings is 2. The minimum atomic E-state index is -3.84. The molecule has 2 aromatic carbocycles. The van der Waals surface area contributed by atoms with Crippen LogP contribution in [-0.2, 0) is 10.0 Å². The molecule has 0 unspecified atom stereocenters. The summed E-state index contributed by atoms with van der Waals surface area (Å²) in [6.07, 6.45) is 6.39. The molecule has 2 atom stereocenters. The van der Waals surface area contributed by atoms with Crippen molar-refractivity contribution in [3.05, 3.63) is 75.8 Å². The van der Waals surface area contributed by atoms with E-state index in [1.54, 1.807) is 7.05 Å². The Labute approximate surface area is 170 Å². The molecule has 0 radical (unpaired) electrons. The summed E-state index contributed by atoms with van der Waals surface area (Å²) >= 11 is 0. The summed E-state index contributed by atoms with van der Waals surface area (Å²) in [5, 5.41) is 10.9. The Kier molecular flexibility index (Phi) is 5.24. The first-order chi connectivity index (χ1) is 13.9. The van der Waals surface area contributed by atoms with Crippen LogP contribution < -0.4 is 0 Å². The third-order valence-electron chi connectivity index (χ3n) is 5.79. The summed E-state index contributed by atoms with van der Waals surface area (Å²) in [7, 11) is -2.24. The van der Waals surface area contributed by atoms with E-state index in [2.05, 4.69) is 17.1 Å². The van der Waals surface area contributed by atoms with Crippen molar-refractivity contribution in [1.29, 1.82) is 0 Å². The van der Waals surface area contributed by atoms with Crippen molar-refractivity contribution in [2.75, 3.05) is 20.1 Å². The smallest absolute Gasteiger partial charge is 0.269 e. The molecule has 0 amide bonds. The van der Waals surface area contributed by atoms with E-state index < -0.39 is 14.9 Å². The third-order valence-corrected chi connectivity index (χ3v) is 7.64. The molecule has 0 N–H and O–H groups in total. The van der Waals surface area contributed by atoms with E-state index in [-0.39, 0.29) is 22.7 Å². The maximum absolute atomic E-state index is 13.4. The average Bonchev–Trinajstić information content (AvgIpc) is 3.27. The minimum Gasteiger partial charge on any atom is -0.295 e. The van der Waals surface area contributed by atoms with Crippen molar-refractivity contribution < 1.29 is 13.3 Å². The number of sulfonamides is 1. The highest BCUT2D eigenvalue weighted by Crippen LogP contribution is 2.38. The molecule has 1 saturated heterocycles. The Morgan fingerprint density at radius 1 is 1.07 bits per heavy atom. The third kappa shape index (κ3) is 3.59. The van der Waals surface area contributed by atoms with Gasteiger partial charge in [0.05, 0.1) is 15.9 Å². The van der Waals surface area contributed by atoms with Gasteiger partial charge in [0.1, 0.15) is 0 Å². The highest BCUT2D eigenvalue weighted by molar-refractivity contribution is 7.89. The van der Waals surface area contributed by atoms with E-state index in [0.717, 1.165) is 37.1 Å². The van der Waals surface area contributed by atoms with Crippen molar-refractivity contribution in [2.24, 2.45) is 0 Å². The second-order valence-corrected chi connectivity index (χ2v) is 9.44. The van der Waals surface area contributed by atoms with Gasteiger partial charge in [-0.15, -0.1) is 0 Å². The van der Waals surface area contributed by atoms with Gasteiger partial charge in [0.15, 0.2) is 0 Å². The van der Waals surface area contributed by atoms with Crippen LogP contribution in [0, 0.1) is 10.1 Å². The van der Waals surface area contributed by atoms with Crippen LogP contribution in [0.15, 0.2) is 59.5 Å². The number of likely N-dealkylation sites (N-methyl/N-ethyl adjacent to an activating group) is 1. The molecule has 2 aliphatic rings. The molecule has 0 spiro atoms. The Balaban J connectivity index is 1.74. The van der Waals surface area contributed by atoms with E-state index >= 15 is 0 Å². The van der Waals surface area contributed by atoms with E-state index in [1.165, 1.54) is 28.6 Å². The Morgan fingerprint density at radius 2 is 1.72 bits per heavy atom. The Bertz CT molecular complexity index is 1040. The van der Waals surface area contributed by atoms with Gasteiger partial charge in [-0.2, -0.15) is 4.31 Å². The van der Waals surface area contributed by atoms with Gasteiger partial charge >= 0.3 is 0 Å². The highest BCUT2D eigenvalue weighted by atomic mass is 32.2. The number of nitro groups is 1. The second kappa shape index (κ2) is 7.70. The zero-order chi connectivity index (χ0) is 20.6. The number of rotatable bonds is 5. The Hall–Kier alpha value is -2.55. The lowest BCUT2D eigenvalue weighted by atomic mass is 9.88. The lowest BCUT2D eigenvalue weighted by Crippen LogP contribution is -2.46. The van der Waals surface area contributed by atoms with Gasteiger partial charge in [0.25, 0.3) is 5.69 Å². The van der Waals surface area contributed by atoms with Crippen LogP contribution in [-0.4, -0.2) is 48.7 Å². The molecule has 0 aromatic heterocycles. The zero-order valence-corrected chi connectivity index (χ0v) is 17.0. The standard InChI is InChI=1S/C21H23N3O4S/c1-22(29(27,28)18-11-9-17(10-12-18)24(25)26)21-19-7-3-2-6-16(19)8-13-20(21)23-14-4-5-15-23/h2-3,6-13,20-21H,4-5,14-15H2,1H3/t20-,21+/m0/s1. The van der Waals surface area contributed by atoms with Crippen molar-refractivity contribution in [3.8, 4) is 0 Å². The largest absolute Gasteiger partial charge is 0.295 e. The minimum absolute atomic E-state index is 0.0507. The molecule has 8 heteroatoms. The van der Waals surface area contributed by atoms with Crippen LogP contribution in [0.1, 0.15) is 30.0 Å². The molecule has 2 aromatic rings. The van der Waals surface area contributed by atoms with Crippen LogP contribution in [0.3, 0.4) is 0 Å². The average molecular weight is 413 g/mol. The van der Waals surface area contributed by atoms with Crippen LogP contribution in [0.25, 0.3) is 6.08 Å². The second-order valence-electron chi connectivity index (χ2n) is 7.44. The van der Waals surface area contributed by atoms with Crippen molar-refractivity contribution in [1.82, 2.24) is 9.21 Å². The summed E-state index contributed by atoms with van der Waals surface area (Å²) in [5.74, 6) is 0. The van der Waals surface area contributed by atoms with Crippen LogP contribution in [0.2, 0.25) is 0 Å². The topological polar surface area (TPSA) is 83.8 Å². The monoisotopic (exact) mass is 413 g/mol. The van der Waals surface area contributed by atoms with Gasteiger partial charge in [0, 0.05) is 25.2 Å². The first-order valence-corrected chi connectivity index (χ1v) is 11.1. The molecule has 1 heterocycles. The predicted molar refractivity (Wildman–Crippen MR) is 111 cm³/mol. The molecule has 29 heavy (non-hydrogen) atoms. The summed E-state index contributed by atoms with van der Waals surface area (Å²) < 4.78 is 28.2. The van der Waals surface area contributed by atoms with E-state index in [1.807, 2.05) is 24.3 Å². The fourth-order valence-electron chi connectivity index (χ4n) is 4.25. The number of non-ortho nitro benzene ring substituents is 1. The van der Waals surface area contributed by atoms with E-state index in [9.17, 15) is 18.5 Å². The molecule has 0 saturated carbocycles. The molecule has 1 fully saturated rings. The summed E-state index contributed by atoms with van der Waals surface area (Å²) in [5.41, 5.74) is 1.85. The first-order valence-electron chi connectivity index (χ1n) is 9.63. The maximum Gasteiger partial charge on any atom is 0.269 e. The number of hydrogen-bond donors (Lipinski definition) is 0. The van der Waals surface area contributed by atoms with Crippen LogP contribution in [0.5, 0.6) is 0 Å². The van der Waals surface area contributed by atoms with E-state index in [0.29, 0.717) is 0 Å². The van der Waals surface area contributed by atoms with Crippen molar-refractivity contribution in [3.63, 3.8) is 0 Å². The number of nitrogens with zero attached hydrogens (tertiary/aromatic N) is 3. The fourth-order valence-corrected chi connectivity index (χ4v) is 5.60. The molecule has 0 bridgehead atoms. The number of fused-ring (bicyclic) bond motifs is 1. The summed E-state index contributed by atoms with van der Waals surface area (Å²) in [4.78, 5) is 12.8. The Morgan fingerprint density at radius 3 is 2.38 bits per heavy atom. The summed E-state index contributed by atoms with van der Waals surface area (Å²) in [6.45, 7) is 1.89. The molecule has 152 valence electrons. The van der Waals surface area contributed by atoms with Crippen molar-refractivity contribution >= 4 is 21.8 Å². The lowest BCUT2D eigenvalue weighted by molar-refractivity contribution is -0.384.